The number of aromatic nitrogens is 2. The van der Waals surface area contributed by atoms with E-state index in [9.17, 15) is 9.59 Å². The first-order chi connectivity index (χ1) is 8.70. The van der Waals surface area contributed by atoms with E-state index in [2.05, 4.69) is 9.97 Å². The number of hydroxylamine groups is 1. The number of rotatable bonds is 4. The van der Waals surface area contributed by atoms with Crippen LogP contribution in [0.15, 0.2) is 29.1 Å². The molecule has 0 bridgehead atoms. The molecule has 0 aliphatic heterocycles. The fourth-order valence-corrected chi connectivity index (χ4v) is 1.73. The van der Waals surface area contributed by atoms with E-state index >= 15 is 0 Å². The quantitative estimate of drug-likeness (QED) is 0.549. The van der Waals surface area contributed by atoms with Crippen molar-refractivity contribution in [1.29, 1.82) is 0 Å². The number of nitrogens with one attached hydrogen (secondary N) is 2. The molecule has 0 fully saturated rings. The summed E-state index contributed by atoms with van der Waals surface area (Å²) in [4.78, 5) is 29.6. The summed E-state index contributed by atoms with van der Waals surface area (Å²) in [5.74, 6) is 0.0996. The highest BCUT2D eigenvalue weighted by Crippen LogP contribution is 2.07. The summed E-state index contributed by atoms with van der Waals surface area (Å²) in [6.45, 7) is 0. The molecule has 0 aliphatic rings. The number of benzene rings is 1. The van der Waals surface area contributed by atoms with Crippen molar-refractivity contribution in [3.63, 3.8) is 0 Å². The van der Waals surface area contributed by atoms with E-state index in [1.165, 1.54) is 0 Å². The Kier molecular flexibility index (Phi) is 3.69. The number of para-hydroxylation sites is 1. The van der Waals surface area contributed by atoms with Crippen LogP contribution in [0.25, 0.3) is 10.9 Å². The Hall–Kier alpha value is -2.21. The number of aromatic amines is 1. The van der Waals surface area contributed by atoms with Crippen LogP contribution in [0.1, 0.15) is 18.7 Å². The normalized spacial score (nSPS) is 10.5. The molecule has 0 radical (unpaired) electrons. The van der Waals surface area contributed by atoms with E-state index < -0.39 is 5.91 Å². The van der Waals surface area contributed by atoms with Gasteiger partial charge >= 0.3 is 0 Å². The van der Waals surface area contributed by atoms with Crippen molar-refractivity contribution in [1.82, 2.24) is 15.4 Å². The second-order valence-electron chi connectivity index (χ2n) is 3.92. The molecule has 1 aromatic heterocycles. The van der Waals surface area contributed by atoms with Crippen molar-refractivity contribution < 1.29 is 10.0 Å². The number of hydrogen-bond acceptors (Lipinski definition) is 4. The molecular weight excluding hydrogens is 234 g/mol. The van der Waals surface area contributed by atoms with E-state index in [1.807, 2.05) is 6.07 Å². The van der Waals surface area contributed by atoms with Crippen molar-refractivity contribution in [2.24, 2.45) is 0 Å². The molecule has 6 heteroatoms. The standard InChI is InChI=1S/C12H13N3O3/c16-11(15-18)7-3-6-10-13-9-5-2-1-4-8(9)12(17)14-10/h1-2,4-5,18H,3,6-7H2,(H,15,16)(H,13,14,17). The molecule has 6 nitrogen and oxygen atoms in total. The lowest BCUT2D eigenvalue weighted by Crippen LogP contribution is -2.18. The highest BCUT2D eigenvalue weighted by Gasteiger charge is 2.04. The van der Waals surface area contributed by atoms with E-state index in [-0.39, 0.29) is 12.0 Å². The Labute approximate surface area is 103 Å². The summed E-state index contributed by atoms with van der Waals surface area (Å²) >= 11 is 0. The lowest BCUT2D eigenvalue weighted by molar-refractivity contribution is -0.129. The van der Waals surface area contributed by atoms with Gasteiger partial charge in [0.15, 0.2) is 0 Å². The van der Waals surface area contributed by atoms with Crippen molar-refractivity contribution in [2.75, 3.05) is 0 Å². The van der Waals surface area contributed by atoms with Crippen molar-refractivity contribution >= 4 is 16.8 Å². The molecule has 94 valence electrons. The Bertz CT molecular complexity index is 621. The predicted octanol–water partition coefficient (Wildman–Crippen LogP) is 0.751. The van der Waals surface area contributed by atoms with Crippen LogP contribution in [0.4, 0.5) is 0 Å². The molecule has 0 atom stereocenters. The Morgan fingerprint density at radius 3 is 2.94 bits per heavy atom. The van der Waals surface area contributed by atoms with Gasteiger partial charge in [0.25, 0.3) is 5.56 Å². The highest BCUT2D eigenvalue weighted by molar-refractivity contribution is 5.77. The molecule has 0 saturated heterocycles. The van der Waals surface area contributed by atoms with E-state index in [0.717, 1.165) is 0 Å². The van der Waals surface area contributed by atoms with Gasteiger partial charge in [0.05, 0.1) is 10.9 Å². The van der Waals surface area contributed by atoms with Crippen LogP contribution in [-0.4, -0.2) is 21.1 Å². The van der Waals surface area contributed by atoms with E-state index in [1.54, 1.807) is 23.7 Å². The molecule has 2 aromatic rings. The summed E-state index contributed by atoms with van der Waals surface area (Å²) < 4.78 is 0. The maximum absolute atomic E-state index is 11.7. The van der Waals surface area contributed by atoms with E-state index in [4.69, 9.17) is 5.21 Å². The smallest absolute Gasteiger partial charge is 0.258 e. The minimum atomic E-state index is -0.446. The third kappa shape index (κ3) is 2.72. The lowest BCUT2D eigenvalue weighted by atomic mass is 10.2. The van der Waals surface area contributed by atoms with Crippen molar-refractivity contribution in [3.8, 4) is 0 Å². The summed E-state index contributed by atoms with van der Waals surface area (Å²) in [6, 6.07) is 7.08. The number of amides is 1. The average molecular weight is 247 g/mol. The zero-order valence-electron chi connectivity index (χ0n) is 9.64. The highest BCUT2D eigenvalue weighted by atomic mass is 16.5. The average Bonchev–Trinajstić information content (AvgIpc) is 2.38. The maximum atomic E-state index is 11.7. The van der Waals surface area contributed by atoms with Gasteiger partial charge in [-0.05, 0) is 18.6 Å². The summed E-state index contributed by atoms with van der Waals surface area (Å²) in [5.41, 5.74) is 2.02. The number of carbonyl (C=O) groups is 1. The van der Waals surface area contributed by atoms with Gasteiger partial charge in [-0.2, -0.15) is 0 Å². The van der Waals surface area contributed by atoms with Gasteiger partial charge in [0, 0.05) is 12.8 Å². The van der Waals surface area contributed by atoms with Gasteiger partial charge in [-0.3, -0.25) is 14.8 Å². The first kappa shape index (κ1) is 12.3. The first-order valence-electron chi connectivity index (χ1n) is 5.61. The number of H-pyrrole nitrogens is 1. The number of hydrogen-bond donors (Lipinski definition) is 3. The van der Waals surface area contributed by atoms with Crippen molar-refractivity contribution in [2.45, 2.75) is 19.3 Å². The molecule has 18 heavy (non-hydrogen) atoms. The second kappa shape index (κ2) is 5.42. The molecule has 2 rings (SSSR count). The monoisotopic (exact) mass is 247 g/mol. The molecular formula is C12H13N3O3. The largest absolute Gasteiger partial charge is 0.310 e. The molecule has 3 N–H and O–H groups in total. The van der Waals surface area contributed by atoms with Crippen LogP contribution < -0.4 is 11.0 Å². The topological polar surface area (TPSA) is 95.1 Å². The fourth-order valence-electron chi connectivity index (χ4n) is 1.73. The second-order valence-corrected chi connectivity index (χ2v) is 3.92. The third-order valence-corrected chi connectivity index (χ3v) is 2.60. The van der Waals surface area contributed by atoms with Crippen LogP contribution in [0.2, 0.25) is 0 Å². The zero-order chi connectivity index (χ0) is 13.0. The van der Waals surface area contributed by atoms with Crippen LogP contribution in [0, 0.1) is 0 Å². The van der Waals surface area contributed by atoms with Crippen LogP contribution >= 0.6 is 0 Å². The Morgan fingerprint density at radius 2 is 2.17 bits per heavy atom. The SMILES string of the molecule is O=C(CCCc1nc2ccccc2c(=O)[nH]1)NO. The minimum Gasteiger partial charge on any atom is -0.310 e. The molecule has 1 heterocycles. The van der Waals surface area contributed by atoms with Gasteiger partial charge in [-0.1, -0.05) is 12.1 Å². The zero-order valence-corrected chi connectivity index (χ0v) is 9.64. The first-order valence-corrected chi connectivity index (χ1v) is 5.61. The number of nitrogens with zero attached hydrogens (tertiary/aromatic N) is 1. The number of fused-ring (bicyclic) bond motifs is 1. The van der Waals surface area contributed by atoms with Crippen LogP contribution in [0.5, 0.6) is 0 Å². The van der Waals surface area contributed by atoms with Gasteiger partial charge in [-0.15, -0.1) is 0 Å². The molecule has 1 aromatic carbocycles. The van der Waals surface area contributed by atoms with Crippen molar-refractivity contribution in [3.05, 3.63) is 40.4 Å². The number of carbonyl (C=O) groups excluding carboxylic acids is 1. The molecule has 0 spiro atoms. The summed E-state index contributed by atoms with van der Waals surface area (Å²) in [5, 5.41) is 8.89. The molecule has 0 saturated carbocycles. The fraction of sp³-hybridized carbons (Fsp3) is 0.250. The molecule has 1 amide bonds. The molecule has 0 aliphatic carbocycles. The van der Waals surface area contributed by atoms with Crippen LogP contribution in [0.3, 0.4) is 0 Å². The van der Waals surface area contributed by atoms with Gasteiger partial charge in [0.2, 0.25) is 5.91 Å². The molecule has 0 unspecified atom stereocenters. The number of aryl methyl sites for hydroxylation is 1. The van der Waals surface area contributed by atoms with Crippen LogP contribution in [-0.2, 0) is 11.2 Å². The van der Waals surface area contributed by atoms with Gasteiger partial charge in [-0.25, -0.2) is 10.5 Å². The third-order valence-electron chi connectivity index (χ3n) is 2.60. The van der Waals surface area contributed by atoms with E-state index in [0.29, 0.717) is 29.6 Å². The maximum Gasteiger partial charge on any atom is 0.258 e. The lowest BCUT2D eigenvalue weighted by Gasteiger charge is -2.02. The summed E-state index contributed by atoms with van der Waals surface area (Å²) in [6.07, 6.45) is 1.17. The Balaban J connectivity index is 2.15. The van der Waals surface area contributed by atoms with Gasteiger partial charge < -0.3 is 4.98 Å². The predicted molar refractivity (Wildman–Crippen MR) is 65.2 cm³/mol. The summed E-state index contributed by atoms with van der Waals surface area (Å²) in [7, 11) is 0. The Morgan fingerprint density at radius 1 is 1.39 bits per heavy atom. The van der Waals surface area contributed by atoms with Gasteiger partial charge in [0.1, 0.15) is 5.82 Å². The minimum absolute atomic E-state index is 0.179.